The number of carbonyl (C=O) groups is 2. The molecular formula is C16H17F3N4O3S. The van der Waals surface area contributed by atoms with E-state index in [2.05, 4.69) is 10.1 Å². The third kappa shape index (κ3) is 4.65. The standard InChI is InChI=1S/C16H17F3N4O3S/c1-10-6-13(16(17,18)19)21-23(10)7-14(24)22-4-2-11(3-5-22)26-15(25)12-8-27-9-20-12/h6,8-9,11H,2-5,7H2,1H3. The fourth-order valence-corrected chi connectivity index (χ4v) is 3.31. The minimum atomic E-state index is -4.54. The van der Waals surface area contributed by atoms with Crippen molar-refractivity contribution in [2.75, 3.05) is 13.1 Å². The average molecular weight is 402 g/mol. The van der Waals surface area contributed by atoms with E-state index in [1.165, 1.54) is 18.3 Å². The van der Waals surface area contributed by atoms with Crippen LogP contribution in [0.1, 0.15) is 34.7 Å². The van der Waals surface area contributed by atoms with E-state index < -0.39 is 17.8 Å². The van der Waals surface area contributed by atoms with Gasteiger partial charge in [-0.2, -0.15) is 18.3 Å². The van der Waals surface area contributed by atoms with E-state index in [0.717, 1.165) is 10.7 Å². The van der Waals surface area contributed by atoms with Gasteiger partial charge in [0.05, 0.1) is 5.51 Å². The Morgan fingerprint density at radius 1 is 1.33 bits per heavy atom. The highest BCUT2D eigenvalue weighted by Crippen LogP contribution is 2.28. The van der Waals surface area contributed by atoms with Crippen molar-refractivity contribution in [3.8, 4) is 0 Å². The lowest BCUT2D eigenvalue weighted by Crippen LogP contribution is -2.43. The number of thiazole rings is 1. The van der Waals surface area contributed by atoms with Crippen LogP contribution in [0.5, 0.6) is 0 Å². The molecule has 0 bridgehead atoms. The van der Waals surface area contributed by atoms with E-state index >= 15 is 0 Å². The maximum Gasteiger partial charge on any atom is 0.435 e. The minimum absolute atomic E-state index is 0.258. The summed E-state index contributed by atoms with van der Waals surface area (Å²) in [6.07, 6.45) is -3.92. The van der Waals surface area contributed by atoms with Crippen molar-refractivity contribution in [1.82, 2.24) is 19.7 Å². The molecule has 1 aliphatic rings. The molecule has 3 rings (SSSR count). The van der Waals surface area contributed by atoms with Crippen LogP contribution in [-0.4, -0.2) is 50.7 Å². The molecule has 1 fully saturated rings. The highest BCUT2D eigenvalue weighted by molar-refractivity contribution is 7.07. The summed E-state index contributed by atoms with van der Waals surface area (Å²) in [5, 5.41) is 5.07. The van der Waals surface area contributed by atoms with Crippen molar-refractivity contribution in [2.45, 2.75) is 38.6 Å². The van der Waals surface area contributed by atoms with Gasteiger partial charge in [-0.15, -0.1) is 11.3 Å². The van der Waals surface area contributed by atoms with Crippen LogP contribution < -0.4 is 0 Å². The van der Waals surface area contributed by atoms with Crippen LogP contribution in [0, 0.1) is 6.92 Å². The Morgan fingerprint density at radius 2 is 2.04 bits per heavy atom. The Hall–Kier alpha value is -2.43. The molecule has 0 atom stereocenters. The van der Waals surface area contributed by atoms with Crippen LogP contribution in [0.4, 0.5) is 13.2 Å². The van der Waals surface area contributed by atoms with Crippen molar-refractivity contribution in [2.24, 2.45) is 0 Å². The second kappa shape index (κ2) is 7.67. The Morgan fingerprint density at radius 3 is 2.59 bits per heavy atom. The molecule has 3 heterocycles. The van der Waals surface area contributed by atoms with Gasteiger partial charge in [0.15, 0.2) is 11.4 Å². The minimum Gasteiger partial charge on any atom is -0.457 e. The number of carbonyl (C=O) groups excluding carboxylic acids is 2. The van der Waals surface area contributed by atoms with Gasteiger partial charge in [-0.3, -0.25) is 9.48 Å². The van der Waals surface area contributed by atoms with Crippen LogP contribution >= 0.6 is 11.3 Å². The molecular weight excluding hydrogens is 385 g/mol. The lowest BCUT2D eigenvalue weighted by molar-refractivity contribution is -0.142. The molecule has 2 aromatic heterocycles. The second-order valence-corrected chi connectivity index (χ2v) is 6.90. The number of hydrogen-bond acceptors (Lipinski definition) is 6. The first-order valence-corrected chi connectivity index (χ1v) is 9.17. The molecule has 0 aliphatic carbocycles. The van der Waals surface area contributed by atoms with E-state index in [4.69, 9.17) is 4.74 Å². The molecule has 1 amide bonds. The van der Waals surface area contributed by atoms with E-state index in [0.29, 0.717) is 25.9 Å². The molecule has 27 heavy (non-hydrogen) atoms. The molecule has 1 saturated heterocycles. The third-order valence-corrected chi connectivity index (χ3v) is 4.85. The molecule has 0 N–H and O–H groups in total. The van der Waals surface area contributed by atoms with E-state index in [-0.39, 0.29) is 29.9 Å². The number of piperidine rings is 1. The third-order valence-electron chi connectivity index (χ3n) is 4.27. The Bertz CT molecular complexity index is 811. The van der Waals surface area contributed by atoms with Crippen molar-refractivity contribution < 1.29 is 27.5 Å². The predicted octanol–water partition coefficient (Wildman–Crippen LogP) is 2.51. The molecule has 0 spiro atoms. The lowest BCUT2D eigenvalue weighted by Gasteiger charge is -2.31. The average Bonchev–Trinajstić information content (AvgIpc) is 3.26. The Kier molecular flexibility index (Phi) is 5.49. The Labute approximate surface area is 156 Å². The molecule has 0 aromatic carbocycles. The fraction of sp³-hybridized carbons (Fsp3) is 0.500. The molecule has 0 radical (unpaired) electrons. The van der Waals surface area contributed by atoms with Crippen molar-refractivity contribution in [3.63, 3.8) is 0 Å². The molecule has 146 valence electrons. The predicted molar refractivity (Wildman–Crippen MR) is 89.1 cm³/mol. The topological polar surface area (TPSA) is 77.3 Å². The van der Waals surface area contributed by atoms with Gasteiger partial charge in [-0.05, 0) is 13.0 Å². The summed E-state index contributed by atoms with van der Waals surface area (Å²) in [6, 6.07) is 0.914. The number of hydrogen-bond donors (Lipinski definition) is 0. The van der Waals surface area contributed by atoms with Crippen LogP contribution in [0.15, 0.2) is 17.0 Å². The SMILES string of the molecule is Cc1cc(C(F)(F)F)nn1CC(=O)N1CCC(OC(=O)c2cscn2)CC1. The maximum atomic E-state index is 12.7. The quantitative estimate of drug-likeness (QED) is 0.735. The summed E-state index contributed by atoms with van der Waals surface area (Å²) in [7, 11) is 0. The molecule has 0 saturated carbocycles. The number of aryl methyl sites for hydroxylation is 1. The van der Waals surface area contributed by atoms with Crippen LogP contribution in [0.2, 0.25) is 0 Å². The van der Waals surface area contributed by atoms with Crippen LogP contribution in [0.3, 0.4) is 0 Å². The van der Waals surface area contributed by atoms with Gasteiger partial charge in [0.2, 0.25) is 5.91 Å². The molecule has 11 heteroatoms. The fourth-order valence-electron chi connectivity index (χ4n) is 2.78. The summed E-state index contributed by atoms with van der Waals surface area (Å²) >= 11 is 1.30. The first kappa shape index (κ1) is 19.3. The lowest BCUT2D eigenvalue weighted by atomic mass is 10.1. The van der Waals surface area contributed by atoms with Gasteiger partial charge >= 0.3 is 12.1 Å². The van der Waals surface area contributed by atoms with Gasteiger partial charge in [-0.1, -0.05) is 0 Å². The largest absolute Gasteiger partial charge is 0.457 e. The van der Waals surface area contributed by atoms with Gasteiger partial charge in [0, 0.05) is 37.0 Å². The number of alkyl halides is 3. The number of ether oxygens (including phenoxy) is 1. The highest BCUT2D eigenvalue weighted by Gasteiger charge is 2.35. The zero-order valence-electron chi connectivity index (χ0n) is 14.4. The Balaban J connectivity index is 1.51. The zero-order valence-corrected chi connectivity index (χ0v) is 15.2. The summed E-state index contributed by atoms with van der Waals surface area (Å²) in [5.41, 5.74) is 1.05. The number of halogens is 3. The van der Waals surface area contributed by atoms with Gasteiger partial charge in [0.25, 0.3) is 0 Å². The first-order chi connectivity index (χ1) is 12.7. The van der Waals surface area contributed by atoms with E-state index in [9.17, 15) is 22.8 Å². The van der Waals surface area contributed by atoms with E-state index in [1.54, 1.807) is 15.8 Å². The van der Waals surface area contributed by atoms with Gasteiger partial charge < -0.3 is 9.64 Å². The highest BCUT2D eigenvalue weighted by atomic mass is 32.1. The molecule has 0 unspecified atom stereocenters. The summed E-state index contributed by atoms with van der Waals surface area (Å²) in [6.45, 7) is 1.94. The zero-order chi connectivity index (χ0) is 19.6. The second-order valence-electron chi connectivity index (χ2n) is 6.19. The number of aromatic nitrogens is 3. The molecule has 7 nitrogen and oxygen atoms in total. The summed E-state index contributed by atoms with van der Waals surface area (Å²) < 4.78 is 44.5. The van der Waals surface area contributed by atoms with Crippen molar-refractivity contribution in [3.05, 3.63) is 34.0 Å². The molecule has 1 aliphatic heterocycles. The maximum absolute atomic E-state index is 12.7. The monoisotopic (exact) mass is 402 g/mol. The first-order valence-electron chi connectivity index (χ1n) is 8.22. The van der Waals surface area contributed by atoms with Gasteiger partial charge in [0.1, 0.15) is 12.6 Å². The van der Waals surface area contributed by atoms with Crippen molar-refractivity contribution in [1.29, 1.82) is 0 Å². The number of amides is 1. The summed E-state index contributed by atoms with van der Waals surface area (Å²) in [4.78, 5) is 29.7. The number of rotatable bonds is 4. The van der Waals surface area contributed by atoms with Gasteiger partial charge in [-0.25, -0.2) is 9.78 Å². The van der Waals surface area contributed by atoms with Crippen LogP contribution in [0.25, 0.3) is 0 Å². The number of esters is 1. The van der Waals surface area contributed by atoms with E-state index in [1.807, 2.05) is 0 Å². The van der Waals surface area contributed by atoms with Crippen LogP contribution in [-0.2, 0) is 22.3 Å². The number of nitrogens with zero attached hydrogens (tertiary/aromatic N) is 4. The smallest absolute Gasteiger partial charge is 0.435 e. The molecule has 2 aromatic rings. The normalized spacial score (nSPS) is 15.8. The summed E-state index contributed by atoms with van der Waals surface area (Å²) in [5.74, 6) is -0.813. The number of likely N-dealkylation sites (tertiary alicyclic amines) is 1. The van der Waals surface area contributed by atoms with Crippen molar-refractivity contribution >= 4 is 23.2 Å².